The van der Waals surface area contributed by atoms with Crippen LogP contribution in [0.4, 0.5) is 0 Å². The molecule has 2 rings (SSSR count). The Morgan fingerprint density at radius 3 is 2.37 bits per heavy atom. The van der Waals surface area contributed by atoms with Crippen molar-refractivity contribution in [1.82, 2.24) is 14.7 Å². The summed E-state index contributed by atoms with van der Waals surface area (Å²) in [4.78, 5) is 2.56. The maximum absolute atomic E-state index is 5.34. The highest BCUT2D eigenvalue weighted by atomic mass is 16.5. The van der Waals surface area contributed by atoms with E-state index in [1.165, 1.54) is 18.4 Å². The highest BCUT2D eigenvalue weighted by Crippen LogP contribution is 2.28. The van der Waals surface area contributed by atoms with Gasteiger partial charge in [-0.05, 0) is 40.0 Å². The van der Waals surface area contributed by atoms with Crippen molar-refractivity contribution >= 4 is 0 Å². The first-order chi connectivity index (χ1) is 8.95. The van der Waals surface area contributed by atoms with Gasteiger partial charge < -0.3 is 4.74 Å². The summed E-state index contributed by atoms with van der Waals surface area (Å²) in [7, 11) is 1.70. The van der Waals surface area contributed by atoms with Crippen molar-refractivity contribution in [3.8, 4) is 5.88 Å². The highest BCUT2D eigenvalue weighted by molar-refractivity contribution is 5.23. The molecule has 19 heavy (non-hydrogen) atoms. The fourth-order valence-corrected chi connectivity index (χ4v) is 2.82. The number of methoxy groups -OCH3 is 1. The molecule has 0 spiro atoms. The summed E-state index contributed by atoms with van der Waals surface area (Å²) in [5.74, 6) is 0.792. The zero-order valence-corrected chi connectivity index (χ0v) is 12.9. The molecule has 1 fully saturated rings. The van der Waals surface area contributed by atoms with E-state index >= 15 is 0 Å². The molecule has 0 radical (unpaired) electrons. The Morgan fingerprint density at radius 1 is 1.32 bits per heavy atom. The summed E-state index contributed by atoms with van der Waals surface area (Å²) in [5, 5.41) is 4.59. The zero-order valence-electron chi connectivity index (χ0n) is 12.9. The molecule has 4 nitrogen and oxygen atoms in total. The molecule has 1 aliphatic rings. The summed E-state index contributed by atoms with van der Waals surface area (Å²) in [6.45, 7) is 11.3. The van der Waals surface area contributed by atoms with Gasteiger partial charge >= 0.3 is 0 Å². The Hall–Kier alpha value is -1.03. The molecule has 2 heterocycles. The van der Waals surface area contributed by atoms with Gasteiger partial charge in [0.15, 0.2) is 0 Å². The topological polar surface area (TPSA) is 30.3 Å². The Morgan fingerprint density at radius 2 is 1.95 bits per heavy atom. The second-order valence-electron chi connectivity index (χ2n) is 6.39. The van der Waals surface area contributed by atoms with Crippen molar-refractivity contribution < 1.29 is 4.74 Å². The van der Waals surface area contributed by atoms with Crippen LogP contribution in [-0.2, 0) is 6.42 Å². The molecular formula is C15H27N3O. The second kappa shape index (κ2) is 5.53. The molecule has 1 saturated heterocycles. The van der Waals surface area contributed by atoms with Gasteiger partial charge in [-0.25, -0.2) is 0 Å². The normalized spacial score (nSPS) is 18.8. The van der Waals surface area contributed by atoms with Gasteiger partial charge in [-0.1, -0.05) is 6.92 Å². The predicted molar refractivity (Wildman–Crippen MR) is 77.8 cm³/mol. The number of rotatable bonds is 3. The standard InChI is InChI=1S/C15H27N3O/c1-6-12-11-18(16-14(12)19-5)13-7-9-17(10-8-13)15(2,3)4/h11,13H,6-10H2,1-5H3. The number of aryl methyl sites for hydroxylation is 1. The lowest BCUT2D eigenvalue weighted by atomic mass is 9.98. The summed E-state index contributed by atoms with van der Waals surface area (Å²) in [5.41, 5.74) is 1.49. The molecule has 0 amide bonds. The number of hydrogen-bond donors (Lipinski definition) is 0. The van der Waals surface area contributed by atoms with Crippen molar-refractivity contribution in [2.24, 2.45) is 0 Å². The van der Waals surface area contributed by atoms with Gasteiger partial charge in [0, 0.05) is 30.4 Å². The van der Waals surface area contributed by atoms with Gasteiger partial charge in [0.05, 0.1) is 13.2 Å². The molecule has 0 N–H and O–H groups in total. The lowest BCUT2D eigenvalue weighted by Gasteiger charge is -2.40. The third-order valence-corrected chi connectivity index (χ3v) is 4.13. The first-order valence-electron chi connectivity index (χ1n) is 7.32. The van der Waals surface area contributed by atoms with Crippen LogP contribution in [0.25, 0.3) is 0 Å². The Labute approximate surface area is 116 Å². The van der Waals surface area contributed by atoms with Crippen LogP contribution >= 0.6 is 0 Å². The predicted octanol–water partition coefficient (Wildman–Crippen LogP) is 2.89. The van der Waals surface area contributed by atoms with Crippen molar-refractivity contribution in [3.05, 3.63) is 11.8 Å². The van der Waals surface area contributed by atoms with E-state index in [0.29, 0.717) is 6.04 Å². The van der Waals surface area contributed by atoms with E-state index in [2.05, 4.69) is 48.6 Å². The van der Waals surface area contributed by atoms with Crippen LogP contribution in [0.15, 0.2) is 6.20 Å². The molecule has 0 atom stereocenters. The average Bonchev–Trinajstić information content (AvgIpc) is 2.81. The number of hydrogen-bond acceptors (Lipinski definition) is 3. The Bertz CT molecular complexity index is 390. The van der Waals surface area contributed by atoms with Gasteiger partial charge in [0.25, 0.3) is 0 Å². The summed E-state index contributed by atoms with van der Waals surface area (Å²) in [6, 6.07) is 0.521. The van der Waals surface area contributed by atoms with E-state index in [-0.39, 0.29) is 5.54 Å². The van der Waals surface area contributed by atoms with Crippen molar-refractivity contribution in [2.75, 3.05) is 20.2 Å². The van der Waals surface area contributed by atoms with Gasteiger partial charge in [0.2, 0.25) is 5.88 Å². The van der Waals surface area contributed by atoms with Crippen molar-refractivity contribution in [3.63, 3.8) is 0 Å². The third kappa shape index (κ3) is 3.11. The van der Waals surface area contributed by atoms with Crippen LogP contribution in [0.2, 0.25) is 0 Å². The number of ether oxygens (including phenoxy) is 1. The molecule has 0 bridgehead atoms. The molecule has 0 saturated carbocycles. The average molecular weight is 265 g/mol. The van der Waals surface area contributed by atoms with Gasteiger partial charge in [-0.2, -0.15) is 0 Å². The van der Waals surface area contributed by atoms with Gasteiger partial charge in [-0.15, -0.1) is 5.10 Å². The molecule has 108 valence electrons. The fourth-order valence-electron chi connectivity index (χ4n) is 2.82. The first kappa shape index (κ1) is 14.4. The minimum absolute atomic E-state index is 0.279. The van der Waals surface area contributed by atoms with E-state index < -0.39 is 0 Å². The van der Waals surface area contributed by atoms with Crippen LogP contribution in [0.1, 0.15) is 52.1 Å². The smallest absolute Gasteiger partial charge is 0.235 e. The summed E-state index contributed by atoms with van der Waals surface area (Å²) >= 11 is 0. The Balaban J connectivity index is 2.03. The lowest BCUT2D eigenvalue weighted by Crippen LogP contribution is -2.46. The maximum Gasteiger partial charge on any atom is 0.235 e. The maximum atomic E-state index is 5.34. The largest absolute Gasteiger partial charge is 0.480 e. The molecule has 0 unspecified atom stereocenters. The third-order valence-electron chi connectivity index (χ3n) is 4.13. The summed E-state index contributed by atoms with van der Waals surface area (Å²) in [6.07, 6.45) is 5.48. The summed E-state index contributed by atoms with van der Waals surface area (Å²) < 4.78 is 7.46. The number of nitrogens with zero attached hydrogens (tertiary/aromatic N) is 3. The van der Waals surface area contributed by atoms with Gasteiger partial charge in [-0.3, -0.25) is 9.58 Å². The molecule has 1 aromatic heterocycles. The quantitative estimate of drug-likeness (QED) is 0.842. The molecule has 1 aliphatic heterocycles. The number of aromatic nitrogens is 2. The van der Waals surface area contributed by atoms with Crippen LogP contribution in [0, 0.1) is 0 Å². The zero-order chi connectivity index (χ0) is 14.0. The molecule has 1 aromatic rings. The fraction of sp³-hybridized carbons (Fsp3) is 0.800. The highest BCUT2D eigenvalue weighted by Gasteiger charge is 2.28. The van der Waals surface area contributed by atoms with Crippen molar-refractivity contribution in [2.45, 2.75) is 58.5 Å². The van der Waals surface area contributed by atoms with E-state index in [9.17, 15) is 0 Å². The van der Waals surface area contributed by atoms with E-state index in [1.807, 2.05) is 0 Å². The van der Waals surface area contributed by atoms with E-state index in [4.69, 9.17) is 4.74 Å². The van der Waals surface area contributed by atoms with E-state index in [1.54, 1.807) is 7.11 Å². The minimum atomic E-state index is 0.279. The van der Waals surface area contributed by atoms with Crippen LogP contribution in [0.5, 0.6) is 5.88 Å². The SMILES string of the molecule is CCc1cn(C2CCN(C(C)(C)C)CC2)nc1OC. The van der Waals surface area contributed by atoms with Crippen LogP contribution < -0.4 is 4.74 Å². The lowest BCUT2D eigenvalue weighted by molar-refractivity contribution is 0.0867. The van der Waals surface area contributed by atoms with Crippen LogP contribution in [0.3, 0.4) is 0 Å². The number of likely N-dealkylation sites (tertiary alicyclic amines) is 1. The van der Waals surface area contributed by atoms with E-state index in [0.717, 1.165) is 25.4 Å². The molecule has 0 aromatic carbocycles. The molecule has 0 aliphatic carbocycles. The van der Waals surface area contributed by atoms with Gasteiger partial charge in [0.1, 0.15) is 0 Å². The first-order valence-corrected chi connectivity index (χ1v) is 7.32. The monoisotopic (exact) mass is 265 g/mol. The Kier molecular flexibility index (Phi) is 4.19. The molecule has 4 heteroatoms. The van der Waals surface area contributed by atoms with Crippen LogP contribution in [-0.4, -0.2) is 40.4 Å². The van der Waals surface area contributed by atoms with Crippen molar-refractivity contribution in [1.29, 1.82) is 0 Å². The number of piperidine rings is 1. The molecular weight excluding hydrogens is 238 g/mol. The second-order valence-corrected chi connectivity index (χ2v) is 6.39. The minimum Gasteiger partial charge on any atom is -0.480 e.